The van der Waals surface area contributed by atoms with Crippen molar-refractivity contribution in [3.05, 3.63) is 64.7 Å². The van der Waals surface area contributed by atoms with Gasteiger partial charge in [-0.2, -0.15) is 0 Å². The molecular formula is C15H15ClO2. The molecule has 94 valence electrons. The lowest BCUT2D eigenvalue weighted by molar-refractivity contribution is 0.199. The topological polar surface area (TPSA) is 29.5 Å². The molecule has 0 heterocycles. The second-order valence-electron chi connectivity index (χ2n) is 4.16. The maximum Gasteiger partial charge on any atom is 0.119 e. The molecule has 2 rings (SSSR count). The van der Waals surface area contributed by atoms with Crippen molar-refractivity contribution >= 4 is 11.6 Å². The lowest BCUT2D eigenvalue weighted by Gasteiger charge is -2.08. The van der Waals surface area contributed by atoms with Crippen molar-refractivity contribution in [2.75, 3.05) is 0 Å². The monoisotopic (exact) mass is 262 g/mol. The van der Waals surface area contributed by atoms with E-state index in [4.69, 9.17) is 16.3 Å². The zero-order chi connectivity index (χ0) is 13.0. The van der Waals surface area contributed by atoms with Crippen LogP contribution in [0, 0.1) is 0 Å². The Morgan fingerprint density at radius 3 is 2.22 bits per heavy atom. The molecule has 18 heavy (non-hydrogen) atoms. The van der Waals surface area contributed by atoms with Crippen LogP contribution >= 0.6 is 11.6 Å². The maximum absolute atomic E-state index is 9.40. The summed E-state index contributed by atoms with van der Waals surface area (Å²) in [5.74, 6) is 0.786. The predicted molar refractivity (Wildman–Crippen MR) is 72.9 cm³/mol. The van der Waals surface area contributed by atoms with Gasteiger partial charge in [-0.25, -0.2) is 0 Å². The fraction of sp³-hybridized carbons (Fsp3) is 0.200. The van der Waals surface area contributed by atoms with Crippen LogP contribution < -0.4 is 4.74 Å². The van der Waals surface area contributed by atoms with Crippen LogP contribution in [0.1, 0.15) is 24.2 Å². The minimum atomic E-state index is -0.449. The van der Waals surface area contributed by atoms with Crippen molar-refractivity contribution in [3.63, 3.8) is 0 Å². The van der Waals surface area contributed by atoms with E-state index in [1.165, 1.54) is 0 Å². The van der Waals surface area contributed by atoms with E-state index in [-0.39, 0.29) is 0 Å². The average molecular weight is 263 g/mol. The van der Waals surface area contributed by atoms with E-state index >= 15 is 0 Å². The van der Waals surface area contributed by atoms with Crippen LogP contribution in [0.15, 0.2) is 48.5 Å². The Morgan fingerprint density at radius 1 is 1.06 bits per heavy atom. The van der Waals surface area contributed by atoms with Gasteiger partial charge in [0, 0.05) is 5.02 Å². The van der Waals surface area contributed by atoms with Gasteiger partial charge >= 0.3 is 0 Å². The number of halogens is 1. The molecule has 0 spiro atoms. The molecule has 0 aliphatic carbocycles. The maximum atomic E-state index is 9.40. The number of hydrogen-bond donors (Lipinski definition) is 1. The second kappa shape index (κ2) is 5.89. The molecule has 1 atom stereocenters. The summed E-state index contributed by atoms with van der Waals surface area (Å²) < 4.78 is 5.64. The van der Waals surface area contributed by atoms with Crippen LogP contribution in [0.4, 0.5) is 0 Å². The number of rotatable bonds is 4. The smallest absolute Gasteiger partial charge is 0.119 e. The van der Waals surface area contributed by atoms with E-state index in [1.807, 2.05) is 48.5 Å². The Bertz CT molecular complexity index is 489. The molecule has 0 aromatic heterocycles. The van der Waals surface area contributed by atoms with Gasteiger partial charge in [-0.05, 0) is 42.3 Å². The molecule has 0 aliphatic heterocycles. The molecule has 0 saturated heterocycles. The molecule has 2 aromatic rings. The van der Waals surface area contributed by atoms with Gasteiger partial charge in [-0.1, -0.05) is 35.9 Å². The highest BCUT2D eigenvalue weighted by Gasteiger charge is 2.01. The molecule has 0 saturated carbocycles. The van der Waals surface area contributed by atoms with Crippen molar-refractivity contribution in [1.29, 1.82) is 0 Å². The van der Waals surface area contributed by atoms with E-state index < -0.39 is 6.10 Å². The molecule has 0 radical (unpaired) electrons. The largest absolute Gasteiger partial charge is 0.489 e. The molecule has 0 fully saturated rings. The molecule has 2 aromatic carbocycles. The van der Waals surface area contributed by atoms with Gasteiger partial charge in [0.1, 0.15) is 12.4 Å². The van der Waals surface area contributed by atoms with Crippen LogP contribution in [-0.4, -0.2) is 5.11 Å². The summed E-state index contributed by atoms with van der Waals surface area (Å²) in [4.78, 5) is 0. The molecule has 0 aliphatic rings. The van der Waals surface area contributed by atoms with Gasteiger partial charge in [0.05, 0.1) is 6.10 Å². The van der Waals surface area contributed by atoms with Gasteiger partial charge < -0.3 is 9.84 Å². The van der Waals surface area contributed by atoms with Crippen LogP contribution in [0.2, 0.25) is 5.02 Å². The van der Waals surface area contributed by atoms with Crippen LogP contribution in [0.5, 0.6) is 5.75 Å². The number of aliphatic hydroxyl groups is 1. The molecule has 0 amide bonds. The molecule has 1 unspecified atom stereocenters. The molecule has 3 heteroatoms. The van der Waals surface area contributed by atoms with Gasteiger partial charge in [0.2, 0.25) is 0 Å². The van der Waals surface area contributed by atoms with Crippen LogP contribution in [0.25, 0.3) is 0 Å². The first-order valence-electron chi connectivity index (χ1n) is 5.80. The fourth-order valence-corrected chi connectivity index (χ4v) is 1.72. The second-order valence-corrected chi connectivity index (χ2v) is 4.60. The third kappa shape index (κ3) is 3.49. The summed E-state index contributed by atoms with van der Waals surface area (Å²) in [6.07, 6.45) is -0.449. The Hall–Kier alpha value is -1.51. The van der Waals surface area contributed by atoms with E-state index in [1.54, 1.807) is 6.92 Å². The Labute approximate surface area is 112 Å². The van der Waals surface area contributed by atoms with E-state index in [2.05, 4.69) is 0 Å². The lowest BCUT2D eigenvalue weighted by Crippen LogP contribution is -1.96. The van der Waals surface area contributed by atoms with Gasteiger partial charge in [0.25, 0.3) is 0 Å². The summed E-state index contributed by atoms with van der Waals surface area (Å²) >= 11 is 5.81. The fourth-order valence-electron chi connectivity index (χ4n) is 1.59. The number of aliphatic hydroxyl groups excluding tert-OH is 1. The van der Waals surface area contributed by atoms with Crippen molar-refractivity contribution in [3.8, 4) is 5.75 Å². The molecule has 0 bridgehead atoms. The third-order valence-corrected chi connectivity index (χ3v) is 2.93. The normalized spacial score (nSPS) is 12.2. The standard InChI is InChI=1S/C15H15ClO2/c1-11(17)13-4-8-15(9-5-13)18-10-12-2-6-14(16)7-3-12/h2-9,11,17H,10H2,1H3. The van der Waals surface area contributed by atoms with E-state index in [9.17, 15) is 5.11 Å². The third-order valence-electron chi connectivity index (χ3n) is 2.68. The van der Waals surface area contributed by atoms with Crippen molar-refractivity contribution in [2.24, 2.45) is 0 Å². The van der Waals surface area contributed by atoms with Crippen molar-refractivity contribution in [1.82, 2.24) is 0 Å². The van der Waals surface area contributed by atoms with Crippen LogP contribution in [-0.2, 0) is 6.61 Å². The van der Waals surface area contributed by atoms with Gasteiger partial charge in [-0.15, -0.1) is 0 Å². The molecule has 1 N–H and O–H groups in total. The summed E-state index contributed by atoms with van der Waals surface area (Å²) in [5, 5.41) is 10.1. The van der Waals surface area contributed by atoms with Crippen LogP contribution in [0.3, 0.4) is 0 Å². The lowest BCUT2D eigenvalue weighted by atomic mass is 10.1. The summed E-state index contributed by atoms with van der Waals surface area (Å²) in [6.45, 7) is 2.24. The number of hydrogen-bond acceptors (Lipinski definition) is 2. The van der Waals surface area contributed by atoms with Crippen molar-refractivity contribution < 1.29 is 9.84 Å². The SMILES string of the molecule is CC(O)c1ccc(OCc2ccc(Cl)cc2)cc1. The Balaban J connectivity index is 1.95. The minimum Gasteiger partial charge on any atom is -0.489 e. The summed E-state index contributed by atoms with van der Waals surface area (Å²) in [5.41, 5.74) is 1.95. The highest BCUT2D eigenvalue weighted by molar-refractivity contribution is 6.30. The Kier molecular flexibility index (Phi) is 4.24. The Morgan fingerprint density at radius 2 is 1.67 bits per heavy atom. The zero-order valence-electron chi connectivity index (χ0n) is 10.1. The quantitative estimate of drug-likeness (QED) is 0.903. The minimum absolute atomic E-state index is 0.449. The predicted octanol–water partition coefficient (Wildman–Crippen LogP) is 3.97. The first-order valence-corrected chi connectivity index (χ1v) is 6.18. The number of benzene rings is 2. The summed E-state index contributed by atoms with van der Waals surface area (Å²) in [7, 11) is 0. The zero-order valence-corrected chi connectivity index (χ0v) is 10.9. The summed E-state index contributed by atoms with van der Waals surface area (Å²) in [6, 6.07) is 15.0. The van der Waals surface area contributed by atoms with Crippen molar-refractivity contribution in [2.45, 2.75) is 19.6 Å². The average Bonchev–Trinajstić information content (AvgIpc) is 2.38. The first-order chi connectivity index (χ1) is 8.65. The first kappa shape index (κ1) is 12.9. The highest BCUT2D eigenvalue weighted by atomic mass is 35.5. The van der Waals surface area contributed by atoms with E-state index in [0.29, 0.717) is 6.61 Å². The van der Waals surface area contributed by atoms with Gasteiger partial charge in [-0.3, -0.25) is 0 Å². The molecule has 2 nitrogen and oxygen atoms in total. The highest BCUT2D eigenvalue weighted by Crippen LogP contribution is 2.18. The number of ether oxygens (including phenoxy) is 1. The van der Waals surface area contributed by atoms with Gasteiger partial charge in [0.15, 0.2) is 0 Å². The van der Waals surface area contributed by atoms with E-state index in [0.717, 1.165) is 21.9 Å². The molecular weight excluding hydrogens is 248 g/mol.